The fraction of sp³-hybridized carbons (Fsp3) is 0.550. The third-order valence-electron chi connectivity index (χ3n) is 4.87. The first-order valence-corrected chi connectivity index (χ1v) is 9.35. The topological polar surface area (TPSA) is 53.3 Å². The van der Waals surface area contributed by atoms with Crippen LogP contribution in [0.2, 0.25) is 0 Å². The first-order chi connectivity index (χ1) is 12.2. The zero-order chi connectivity index (χ0) is 17.5. The average Bonchev–Trinajstić information content (AvgIpc) is 3.04. The fourth-order valence-electron chi connectivity index (χ4n) is 3.52. The van der Waals surface area contributed by atoms with E-state index in [4.69, 9.17) is 0 Å². The lowest BCUT2D eigenvalue weighted by molar-refractivity contribution is 0.0998. The van der Waals surface area contributed by atoms with Crippen LogP contribution in [0, 0.1) is 5.92 Å². The van der Waals surface area contributed by atoms with E-state index in [-0.39, 0.29) is 6.10 Å². The van der Waals surface area contributed by atoms with Crippen LogP contribution in [0.1, 0.15) is 30.9 Å². The molecule has 1 atom stereocenters. The van der Waals surface area contributed by atoms with Gasteiger partial charge in [-0.1, -0.05) is 30.3 Å². The molecule has 1 aromatic heterocycles. The molecule has 1 saturated heterocycles. The normalized spacial score (nSPS) is 17.7. The molecule has 25 heavy (non-hydrogen) atoms. The molecule has 5 nitrogen and oxygen atoms in total. The van der Waals surface area contributed by atoms with Crippen molar-refractivity contribution in [3.8, 4) is 0 Å². The summed E-state index contributed by atoms with van der Waals surface area (Å²) in [6, 6.07) is 10.4. The zero-order valence-electron chi connectivity index (χ0n) is 15.1. The number of hydrogen-bond acceptors (Lipinski definition) is 4. The Kier molecular flexibility index (Phi) is 6.62. The Bertz CT molecular complexity index is 618. The van der Waals surface area contributed by atoms with Gasteiger partial charge in [0.1, 0.15) is 0 Å². The van der Waals surface area contributed by atoms with E-state index in [1.165, 1.54) is 24.0 Å². The number of aliphatic hydroxyl groups excluding tert-OH is 1. The predicted molar refractivity (Wildman–Crippen MR) is 100 cm³/mol. The van der Waals surface area contributed by atoms with E-state index >= 15 is 0 Å². The van der Waals surface area contributed by atoms with E-state index in [2.05, 4.69) is 45.8 Å². The molecule has 0 amide bonds. The quantitative estimate of drug-likeness (QED) is 0.771. The number of nitrogens with one attached hydrogen (secondary N) is 1. The van der Waals surface area contributed by atoms with Gasteiger partial charge in [0.15, 0.2) is 0 Å². The molecule has 0 spiro atoms. The Morgan fingerprint density at radius 1 is 1.20 bits per heavy atom. The minimum atomic E-state index is -0.220. The summed E-state index contributed by atoms with van der Waals surface area (Å²) >= 11 is 0. The van der Waals surface area contributed by atoms with Crippen LogP contribution >= 0.6 is 0 Å². The SMILES string of the molecule is C[C@H](O)CN1CCC(CNCc2cnn(Cc3ccccc3)c2)CC1. The molecule has 1 aliphatic rings. The molecule has 2 N–H and O–H groups in total. The van der Waals surface area contributed by atoms with Crippen LogP contribution in [0.4, 0.5) is 0 Å². The van der Waals surface area contributed by atoms with Gasteiger partial charge in [-0.25, -0.2) is 0 Å². The van der Waals surface area contributed by atoms with Gasteiger partial charge in [-0.3, -0.25) is 4.68 Å². The van der Waals surface area contributed by atoms with Gasteiger partial charge in [-0.15, -0.1) is 0 Å². The highest BCUT2D eigenvalue weighted by Crippen LogP contribution is 2.16. The van der Waals surface area contributed by atoms with Crippen molar-refractivity contribution in [2.24, 2.45) is 5.92 Å². The maximum atomic E-state index is 9.47. The maximum Gasteiger partial charge on any atom is 0.0659 e. The summed E-state index contributed by atoms with van der Waals surface area (Å²) in [6.07, 6.45) is 6.30. The van der Waals surface area contributed by atoms with E-state index in [0.29, 0.717) is 0 Å². The van der Waals surface area contributed by atoms with Gasteiger partial charge < -0.3 is 15.3 Å². The van der Waals surface area contributed by atoms with Crippen molar-refractivity contribution in [2.45, 2.75) is 39.0 Å². The first-order valence-electron chi connectivity index (χ1n) is 9.35. The summed E-state index contributed by atoms with van der Waals surface area (Å²) in [6.45, 7) is 7.64. The third kappa shape index (κ3) is 5.96. The number of benzene rings is 1. The van der Waals surface area contributed by atoms with E-state index in [1.54, 1.807) is 0 Å². The van der Waals surface area contributed by atoms with Crippen molar-refractivity contribution in [2.75, 3.05) is 26.2 Å². The van der Waals surface area contributed by atoms with Gasteiger partial charge in [0, 0.05) is 24.8 Å². The van der Waals surface area contributed by atoms with E-state index in [1.807, 2.05) is 23.9 Å². The smallest absolute Gasteiger partial charge is 0.0659 e. The number of nitrogens with zero attached hydrogens (tertiary/aromatic N) is 3. The minimum Gasteiger partial charge on any atom is -0.392 e. The number of likely N-dealkylation sites (tertiary alicyclic amines) is 1. The van der Waals surface area contributed by atoms with Crippen molar-refractivity contribution >= 4 is 0 Å². The summed E-state index contributed by atoms with van der Waals surface area (Å²) in [5.74, 6) is 0.740. The van der Waals surface area contributed by atoms with Gasteiger partial charge in [-0.05, 0) is 50.9 Å². The van der Waals surface area contributed by atoms with E-state index < -0.39 is 0 Å². The zero-order valence-corrected chi connectivity index (χ0v) is 15.1. The van der Waals surface area contributed by atoms with Crippen molar-refractivity contribution < 1.29 is 5.11 Å². The lowest BCUT2D eigenvalue weighted by atomic mass is 9.96. The summed E-state index contributed by atoms with van der Waals surface area (Å²) in [7, 11) is 0. The number of aliphatic hydroxyl groups is 1. The summed E-state index contributed by atoms with van der Waals surface area (Å²) in [4.78, 5) is 2.37. The van der Waals surface area contributed by atoms with Gasteiger partial charge >= 0.3 is 0 Å². The van der Waals surface area contributed by atoms with Crippen molar-refractivity contribution in [1.29, 1.82) is 0 Å². The molecular formula is C20H30N4O. The second kappa shape index (κ2) is 9.13. The molecule has 0 aliphatic carbocycles. The molecule has 0 bridgehead atoms. The molecule has 136 valence electrons. The number of β-amino-alcohol motifs (C(OH)–C–C–N with tert-alkyl or cyclic N) is 1. The van der Waals surface area contributed by atoms with Crippen LogP contribution in [0.3, 0.4) is 0 Å². The van der Waals surface area contributed by atoms with E-state index in [0.717, 1.165) is 45.2 Å². The molecule has 2 aromatic rings. The van der Waals surface area contributed by atoms with Crippen molar-refractivity contribution in [3.63, 3.8) is 0 Å². The number of rotatable bonds is 8. The predicted octanol–water partition coefficient (Wildman–Crippen LogP) is 2.11. The Labute approximate surface area is 150 Å². The number of piperidine rings is 1. The molecule has 0 saturated carbocycles. The van der Waals surface area contributed by atoms with Gasteiger partial charge in [0.2, 0.25) is 0 Å². The standard InChI is InChI=1S/C20H30N4O/c1-17(25)14-23-9-7-18(8-10-23)11-21-12-20-13-22-24(16-20)15-19-5-3-2-4-6-19/h2-6,13,16-18,21,25H,7-12,14-15H2,1H3/t17-/m0/s1. The first kappa shape index (κ1) is 18.1. The molecule has 3 rings (SSSR count). The van der Waals surface area contributed by atoms with Crippen molar-refractivity contribution in [1.82, 2.24) is 20.0 Å². The largest absolute Gasteiger partial charge is 0.392 e. The Balaban J connectivity index is 1.36. The number of aromatic nitrogens is 2. The highest BCUT2D eigenvalue weighted by Gasteiger charge is 2.19. The third-order valence-corrected chi connectivity index (χ3v) is 4.87. The lowest BCUT2D eigenvalue weighted by Crippen LogP contribution is -2.40. The fourth-order valence-corrected chi connectivity index (χ4v) is 3.52. The van der Waals surface area contributed by atoms with Crippen molar-refractivity contribution in [3.05, 3.63) is 53.9 Å². The Morgan fingerprint density at radius 2 is 1.96 bits per heavy atom. The monoisotopic (exact) mass is 342 g/mol. The van der Waals surface area contributed by atoms with Crippen LogP contribution in [-0.4, -0.2) is 52.1 Å². The average molecular weight is 342 g/mol. The van der Waals surface area contributed by atoms with Gasteiger partial charge in [0.25, 0.3) is 0 Å². The molecule has 5 heteroatoms. The Hall–Kier alpha value is -1.69. The molecule has 0 unspecified atom stereocenters. The van der Waals surface area contributed by atoms with Gasteiger partial charge in [-0.2, -0.15) is 5.10 Å². The second-order valence-electron chi connectivity index (χ2n) is 7.26. The highest BCUT2D eigenvalue weighted by atomic mass is 16.3. The van der Waals surface area contributed by atoms with Crippen LogP contribution in [-0.2, 0) is 13.1 Å². The molecule has 0 radical (unpaired) electrons. The second-order valence-corrected chi connectivity index (χ2v) is 7.26. The minimum absolute atomic E-state index is 0.220. The molecule has 1 aromatic carbocycles. The molecule has 1 aliphatic heterocycles. The molecular weight excluding hydrogens is 312 g/mol. The maximum absolute atomic E-state index is 9.47. The summed E-state index contributed by atoms with van der Waals surface area (Å²) in [5, 5.41) is 17.5. The molecule has 1 fully saturated rings. The van der Waals surface area contributed by atoms with Crippen LogP contribution in [0.15, 0.2) is 42.7 Å². The van der Waals surface area contributed by atoms with Crippen LogP contribution in [0.25, 0.3) is 0 Å². The lowest BCUT2D eigenvalue weighted by Gasteiger charge is -2.32. The molecule has 2 heterocycles. The number of hydrogen-bond donors (Lipinski definition) is 2. The Morgan fingerprint density at radius 3 is 2.68 bits per heavy atom. The van der Waals surface area contributed by atoms with E-state index in [9.17, 15) is 5.11 Å². The summed E-state index contributed by atoms with van der Waals surface area (Å²) < 4.78 is 2.00. The van der Waals surface area contributed by atoms with Gasteiger partial charge in [0.05, 0.1) is 18.8 Å². The van der Waals surface area contributed by atoms with Crippen LogP contribution < -0.4 is 5.32 Å². The highest BCUT2D eigenvalue weighted by molar-refractivity contribution is 5.15. The van der Waals surface area contributed by atoms with Crippen LogP contribution in [0.5, 0.6) is 0 Å². The summed E-state index contributed by atoms with van der Waals surface area (Å²) in [5.41, 5.74) is 2.51.